The number of nitrogens with one attached hydrogen (secondary N) is 4. The van der Waals surface area contributed by atoms with E-state index in [4.69, 9.17) is 0 Å². The van der Waals surface area contributed by atoms with Gasteiger partial charge in [-0.2, -0.15) is 0 Å². The quantitative estimate of drug-likeness (QED) is 0.0443. The van der Waals surface area contributed by atoms with Gasteiger partial charge in [-0.1, -0.05) is 110 Å². The Hall–Kier alpha value is -3.36. The molecule has 3 aliphatic carbocycles. The summed E-state index contributed by atoms with van der Waals surface area (Å²) >= 11 is 0. The molecule has 4 rings (SSSR count). The van der Waals surface area contributed by atoms with E-state index in [1.54, 1.807) is 24.3 Å². The molecule has 3 saturated carbocycles. The van der Waals surface area contributed by atoms with Gasteiger partial charge in [0.1, 0.15) is 11.8 Å². The van der Waals surface area contributed by atoms with Crippen molar-refractivity contribution in [2.45, 2.75) is 207 Å². The Morgan fingerprint density at radius 3 is 2.03 bits per heavy atom. The fourth-order valence-corrected chi connectivity index (χ4v) is 12.2. The Morgan fingerprint density at radius 1 is 0.758 bits per heavy atom. The van der Waals surface area contributed by atoms with E-state index in [2.05, 4.69) is 68.0 Å². The number of hydrogen-bond acceptors (Lipinski definition) is 5. The van der Waals surface area contributed by atoms with Gasteiger partial charge in [0.15, 0.2) is 0 Å². The van der Waals surface area contributed by atoms with Crippen LogP contribution >= 0.6 is 0 Å². The van der Waals surface area contributed by atoms with E-state index in [0.717, 1.165) is 37.7 Å². The Morgan fingerprint density at radius 2 is 1.39 bits per heavy atom. The summed E-state index contributed by atoms with van der Waals surface area (Å²) in [5, 5.41) is 21.3. The minimum absolute atomic E-state index is 0.135. The summed E-state index contributed by atoms with van der Waals surface area (Å²) < 4.78 is 0. The maximum absolute atomic E-state index is 13.4. The average Bonchev–Trinajstić information content (AvgIpc) is 3.62. The Bertz CT molecular complexity index is 1540. The summed E-state index contributed by atoms with van der Waals surface area (Å²) in [5.41, 5.74) is 1.38. The molecule has 5 N–H and O–H groups in total. The van der Waals surface area contributed by atoms with Crippen LogP contribution in [0.4, 0.5) is 0 Å². The zero-order valence-electron chi connectivity index (χ0n) is 40.0. The molecule has 0 heterocycles. The van der Waals surface area contributed by atoms with E-state index in [1.807, 2.05) is 0 Å². The molecule has 3 aliphatic rings. The summed E-state index contributed by atoms with van der Waals surface area (Å²) in [6, 6.07) is 6.10. The van der Waals surface area contributed by atoms with E-state index in [0.29, 0.717) is 53.9 Å². The number of amides is 4. The fraction of sp³-hybridized carbons (Fsp3) is 0.774. The summed E-state index contributed by atoms with van der Waals surface area (Å²) in [6.45, 7) is 12.0. The van der Waals surface area contributed by atoms with Gasteiger partial charge in [0.05, 0.1) is 6.54 Å². The number of unbranched alkanes of at least 4 members (excludes halogenated alkanes) is 11. The first-order chi connectivity index (χ1) is 29.8. The van der Waals surface area contributed by atoms with Crippen molar-refractivity contribution in [3.63, 3.8) is 0 Å². The number of phenols is 1. The molecule has 3 fully saturated rings. The molecule has 0 aromatic heterocycles. The molecule has 62 heavy (non-hydrogen) atoms. The van der Waals surface area contributed by atoms with Crippen LogP contribution in [0.15, 0.2) is 36.4 Å². The van der Waals surface area contributed by atoms with E-state index in [9.17, 15) is 24.3 Å². The second-order valence-electron chi connectivity index (χ2n) is 20.5. The minimum atomic E-state index is -0.828. The van der Waals surface area contributed by atoms with Crippen molar-refractivity contribution in [2.75, 3.05) is 13.6 Å². The normalized spacial score (nSPS) is 27.0. The molecule has 1 aromatic carbocycles. The number of carbonyl (C=O) groups is 4. The highest BCUT2D eigenvalue weighted by molar-refractivity contribution is 5.90. The highest BCUT2D eigenvalue weighted by Crippen LogP contribution is 2.64. The summed E-state index contributed by atoms with van der Waals surface area (Å²) in [5.74, 6) is 2.50. The van der Waals surface area contributed by atoms with Gasteiger partial charge < -0.3 is 26.4 Å². The molecule has 9 nitrogen and oxygen atoms in total. The Labute approximate surface area is 377 Å². The lowest BCUT2D eigenvalue weighted by Crippen LogP contribution is -2.50. The van der Waals surface area contributed by atoms with E-state index in [-0.39, 0.29) is 41.9 Å². The van der Waals surface area contributed by atoms with E-state index in [1.165, 1.54) is 116 Å². The molecule has 0 radical (unpaired) electrons. The lowest BCUT2D eigenvalue weighted by atomic mass is 9.50. The highest BCUT2D eigenvalue weighted by atomic mass is 16.3. The molecule has 1 aromatic rings. The lowest BCUT2D eigenvalue weighted by molar-refractivity contribution is -0.130. The summed E-state index contributed by atoms with van der Waals surface area (Å²) in [6.07, 6.45) is 32.8. The van der Waals surface area contributed by atoms with Crippen LogP contribution in [-0.4, -0.2) is 54.4 Å². The topological polar surface area (TPSA) is 137 Å². The van der Waals surface area contributed by atoms with Gasteiger partial charge in [0, 0.05) is 32.4 Å². The molecule has 9 heteroatoms. The van der Waals surface area contributed by atoms with Gasteiger partial charge in [-0.15, -0.1) is 0 Å². The first kappa shape index (κ1) is 51.3. The van der Waals surface area contributed by atoms with Crippen molar-refractivity contribution in [3.05, 3.63) is 42.0 Å². The van der Waals surface area contributed by atoms with Crippen LogP contribution in [0.25, 0.3) is 0 Å². The van der Waals surface area contributed by atoms with Gasteiger partial charge in [-0.3, -0.25) is 19.2 Å². The van der Waals surface area contributed by atoms with Crippen LogP contribution in [0.5, 0.6) is 5.75 Å². The SMILES string of the molecule is CCCCCCCC/C=C\CCCCCCCC(=O)NC1CCC(C)(C2CCC3(C)C(C(C)CCC(=O)NC(Cc4ccc(O)cc4)C(=O)NCC(=O)NC)CCC3C2C)CC1. The molecular formula is C53H88N4O5. The van der Waals surface area contributed by atoms with Crippen molar-refractivity contribution >= 4 is 23.6 Å². The third kappa shape index (κ3) is 16.0. The number of rotatable bonds is 27. The third-order valence-corrected chi connectivity index (χ3v) is 16.0. The van der Waals surface area contributed by atoms with Gasteiger partial charge in [0.25, 0.3) is 0 Å². The van der Waals surface area contributed by atoms with Gasteiger partial charge in [0.2, 0.25) is 23.6 Å². The second-order valence-corrected chi connectivity index (χ2v) is 20.5. The number of benzene rings is 1. The number of phenolic OH excluding ortho intramolecular Hbond substituents is 1. The average molecular weight is 861 g/mol. The molecule has 0 spiro atoms. The number of aromatic hydroxyl groups is 1. The second kappa shape index (κ2) is 26.4. The van der Waals surface area contributed by atoms with Gasteiger partial charge in [-0.05, 0) is 148 Å². The maximum Gasteiger partial charge on any atom is 0.243 e. The van der Waals surface area contributed by atoms with Crippen molar-refractivity contribution in [1.29, 1.82) is 0 Å². The summed E-state index contributed by atoms with van der Waals surface area (Å²) in [7, 11) is 1.51. The van der Waals surface area contributed by atoms with Crippen LogP contribution in [0.3, 0.4) is 0 Å². The van der Waals surface area contributed by atoms with Crippen LogP contribution < -0.4 is 21.3 Å². The third-order valence-electron chi connectivity index (χ3n) is 16.0. The van der Waals surface area contributed by atoms with Crippen LogP contribution in [0.2, 0.25) is 0 Å². The van der Waals surface area contributed by atoms with Crippen molar-refractivity contribution in [1.82, 2.24) is 21.3 Å². The van der Waals surface area contributed by atoms with Crippen molar-refractivity contribution < 1.29 is 24.3 Å². The number of carbonyl (C=O) groups excluding carboxylic acids is 4. The molecule has 4 amide bonds. The predicted octanol–water partition coefficient (Wildman–Crippen LogP) is 10.9. The number of likely N-dealkylation sites (N-methyl/N-ethyl adjacent to an activating group) is 1. The molecule has 0 bridgehead atoms. The molecule has 0 aliphatic heterocycles. The first-order valence-electron chi connectivity index (χ1n) is 25.3. The van der Waals surface area contributed by atoms with E-state index < -0.39 is 11.9 Å². The van der Waals surface area contributed by atoms with E-state index >= 15 is 0 Å². The number of fused-ring (bicyclic) bond motifs is 1. The highest BCUT2D eigenvalue weighted by Gasteiger charge is 2.56. The van der Waals surface area contributed by atoms with Crippen LogP contribution in [0.1, 0.15) is 194 Å². The van der Waals surface area contributed by atoms with Crippen molar-refractivity contribution in [3.8, 4) is 5.75 Å². The molecular weight excluding hydrogens is 773 g/mol. The largest absolute Gasteiger partial charge is 0.508 e. The summed E-state index contributed by atoms with van der Waals surface area (Å²) in [4.78, 5) is 51.2. The predicted molar refractivity (Wildman–Crippen MR) is 253 cm³/mol. The maximum atomic E-state index is 13.4. The molecule has 350 valence electrons. The fourth-order valence-electron chi connectivity index (χ4n) is 12.2. The lowest BCUT2D eigenvalue weighted by Gasteiger charge is -2.55. The minimum Gasteiger partial charge on any atom is -0.508 e. The number of allylic oxidation sites excluding steroid dienone is 2. The number of hydrogen-bond donors (Lipinski definition) is 5. The van der Waals surface area contributed by atoms with Crippen LogP contribution in [0, 0.1) is 40.4 Å². The first-order valence-corrected chi connectivity index (χ1v) is 25.3. The van der Waals surface area contributed by atoms with Crippen molar-refractivity contribution in [2.24, 2.45) is 40.4 Å². The molecule has 0 saturated heterocycles. The molecule has 7 atom stereocenters. The monoisotopic (exact) mass is 861 g/mol. The Balaban J connectivity index is 1.14. The standard InChI is InChI=1S/C53H88N4O5/c1-7-8-9-10-11-12-13-14-15-16-17-18-19-20-21-22-48(59)56-42-31-34-52(4,35-32-42)45-33-36-53(5)44(28-29-46(53)40(45)3)39(2)23-30-49(60)57-47(51(62)55-38-50(61)54-6)37-41-24-26-43(58)27-25-41/h14-15,24-27,39-40,42,44-47,58H,7-13,16-23,28-38H2,1-6H3,(H,54,61)(H,55,62)(H,56,59)(H,57,60)/b15-14-. The zero-order chi connectivity index (χ0) is 45.0. The van der Waals surface area contributed by atoms with Gasteiger partial charge >= 0.3 is 0 Å². The zero-order valence-corrected chi connectivity index (χ0v) is 40.0. The smallest absolute Gasteiger partial charge is 0.243 e. The van der Waals surface area contributed by atoms with Gasteiger partial charge in [-0.25, -0.2) is 0 Å². The van der Waals surface area contributed by atoms with Crippen LogP contribution in [-0.2, 0) is 25.6 Å². The Kier molecular flexibility index (Phi) is 21.9. The molecule has 7 unspecified atom stereocenters.